The average molecular weight is 400 g/mol. The third-order valence-corrected chi connectivity index (χ3v) is 5.52. The highest BCUT2D eigenvalue weighted by Crippen LogP contribution is 2.41. The van der Waals surface area contributed by atoms with Gasteiger partial charge in [-0.2, -0.15) is 0 Å². The van der Waals surface area contributed by atoms with Gasteiger partial charge in [0.05, 0.1) is 17.4 Å². The molecule has 0 saturated carbocycles. The molecule has 30 heavy (non-hydrogen) atoms. The summed E-state index contributed by atoms with van der Waals surface area (Å²) >= 11 is 0. The van der Waals surface area contributed by atoms with Crippen molar-refractivity contribution in [2.24, 2.45) is 0 Å². The molecule has 1 heterocycles. The number of anilines is 2. The SMILES string of the molecule is O=C1CCCC2=C1[C@@H](c1ccc(F)c(Oc3ccccc3)c1)Nc1ccccc1N2. The number of carbonyl (C=O) groups excluding carboxylic acids is 1. The standard InChI is InChI=1S/C25H21FN2O2/c26-18-14-13-16(15-23(18)30-17-7-2-1-3-8-17)25-24-21(11-6-12-22(24)29)27-19-9-4-5-10-20(19)28-25/h1-5,7-10,13-15,25,27-28H,6,11-12H2/t25-/m1/s1. The Labute approximate surface area is 174 Å². The van der Waals surface area contributed by atoms with Crippen molar-refractivity contribution < 1.29 is 13.9 Å². The number of para-hydroxylation sites is 3. The quantitative estimate of drug-likeness (QED) is 0.549. The molecule has 0 saturated heterocycles. The number of fused-ring (bicyclic) bond motifs is 1. The molecular weight excluding hydrogens is 379 g/mol. The molecular formula is C25H21FN2O2. The lowest BCUT2D eigenvalue weighted by molar-refractivity contribution is -0.116. The largest absolute Gasteiger partial charge is 0.454 e. The number of halogens is 1. The summed E-state index contributed by atoms with van der Waals surface area (Å²) in [6, 6.07) is 21.4. The van der Waals surface area contributed by atoms with Crippen LogP contribution < -0.4 is 15.4 Å². The Morgan fingerprint density at radius 3 is 2.50 bits per heavy atom. The summed E-state index contributed by atoms with van der Waals surface area (Å²) in [5, 5.41) is 6.95. The molecule has 5 heteroatoms. The molecule has 0 aromatic heterocycles. The lowest BCUT2D eigenvalue weighted by Crippen LogP contribution is -2.23. The van der Waals surface area contributed by atoms with Crippen LogP contribution >= 0.6 is 0 Å². The molecule has 5 rings (SSSR count). The maximum atomic E-state index is 14.5. The van der Waals surface area contributed by atoms with Gasteiger partial charge in [-0.3, -0.25) is 4.79 Å². The maximum Gasteiger partial charge on any atom is 0.165 e. The Morgan fingerprint density at radius 2 is 1.67 bits per heavy atom. The normalized spacial score (nSPS) is 17.9. The van der Waals surface area contributed by atoms with Gasteiger partial charge in [-0.05, 0) is 54.8 Å². The Balaban J connectivity index is 1.59. The zero-order valence-electron chi connectivity index (χ0n) is 16.3. The van der Waals surface area contributed by atoms with Crippen molar-refractivity contribution in [2.45, 2.75) is 25.3 Å². The van der Waals surface area contributed by atoms with Crippen LogP contribution in [0.15, 0.2) is 84.1 Å². The van der Waals surface area contributed by atoms with Gasteiger partial charge in [0.15, 0.2) is 17.3 Å². The van der Waals surface area contributed by atoms with Crippen LogP contribution in [0.3, 0.4) is 0 Å². The van der Waals surface area contributed by atoms with E-state index in [1.165, 1.54) is 6.07 Å². The second-order valence-electron chi connectivity index (χ2n) is 7.52. The molecule has 0 unspecified atom stereocenters. The minimum atomic E-state index is -0.445. The first kappa shape index (κ1) is 18.4. The molecule has 0 spiro atoms. The predicted molar refractivity (Wildman–Crippen MR) is 115 cm³/mol. The molecule has 0 bridgehead atoms. The summed E-state index contributed by atoms with van der Waals surface area (Å²) < 4.78 is 20.3. The molecule has 1 atom stereocenters. The molecule has 1 aliphatic carbocycles. The van der Waals surface area contributed by atoms with E-state index in [9.17, 15) is 9.18 Å². The smallest absolute Gasteiger partial charge is 0.165 e. The first-order valence-electron chi connectivity index (χ1n) is 10.1. The van der Waals surface area contributed by atoms with E-state index >= 15 is 0 Å². The van der Waals surface area contributed by atoms with E-state index < -0.39 is 5.82 Å². The van der Waals surface area contributed by atoms with Crippen molar-refractivity contribution in [3.8, 4) is 11.5 Å². The van der Waals surface area contributed by atoms with Crippen molar-refractivity contribution in [2.75, 3.05) is 10.6 Å². The van der Waals surface area contributed by atoms with Crippen LogP contribution in [0.5, 0.6) is 11.5 Å². The van der Waals surface area contributed by atoms with Crippen LogP contribution in [0.2, 0.25) is 0 Å². The van der Waals surface area contributed by atoms with E-state index in [1.807, 2.05) is 42.5 Å². The van der Waals surface area contributed by atoms with E-state index in [0.29, 0.717) is 12.2 Å². The fourth-order valence-corrected chi connectivity index (χ4v) is 4.08. The molecule has 2 N–H and O–H groups in total. The number of ether oxygens (including phenoxy) is 1. The molecule has 4 nitrogen and oxygen atoms in total. The minimum absolute atomic E-state index is 0.115. The third-order valence-electron chi connectivity index (χ3n) is 5.52. The number of allylic oxidation sites excluding steroid dienone is 1. The average Bonchev–Trinajstić information content (AvgIpc) is 2.93. The monoisotopic (exact) mass is 400 g/mol. The minimum Gasteiger partial charge on any atom is -0.454 e. The number of ketones is 1. The van der Waals surface area contributed by atoms with Crippen LogP contribution in [0.25, 0.3) is 0 Å². The number of benzene rings is 3. The summed E-state index contributed by atoms with van der Waals surface area (Å²) in [6.45, 7) is 0. The molecule has 0 radical (unpaired) electrons. The number of hydrogen-bond donors (Lipinski definition) is 2. The first-order valence-corrected chi connectivity index (χ1v) is 10.1. The lowest BCUT2D eigenvalue weighted by atomic mass is 9.86. The van der Waals surface area contributed by atoms with Gasteiger partial charge in [-0.15, -0.1) is 0 Å². The van der Waals surface area contributed by atoms with Gasteiger partial charge in [0, 0.05) is 17.7 Å². The molecule has 0 fully saturated rings. The van der Waals surface area contributed by atoms with Crippen molar-refractivity contribution in [1.29, 1.82) is 0 Å². The highest BCUT2D eigenvalue weighted by atomic mass is 19.1. The molecule has 3 aromatic rings. The van der Waals surface area contributed by atoms with E-state index in [1.54, 1.807) is 24.3 Å². The molecule has 0 amide bonds. The summed E-state index contributed by atoms with van der Waals surface area (Å²) in [7, 11) is 0. The topological polar surface area (TPSA) is 50.4 Å². The number of Topliss-reactive ketones (excluding diaryl/α,β-unsaturated/α-hetero) is 1. The van der Waals surface area contributed by atoms with Gasteiger partial charge in [0.25, 0.3) is 0 Å². The van der Waals surface area contributed by atoms with E-state index in [4.69, 9.17) is 4.74 Å². The lowest BCUT2D eigenvalue weighted by Gasteiger charge is -2.25. The number of hydrogen-bond acceptors (Lipinski definition) is 4. The molecule has 1 aliphatic heterocycles. The Morgan fingerprint density at radius 1 is 0.900 bits per heavy atom. The van der Waals surface area contributed by atoms with Crippen molar-refractivity contribution >= 4 is 17.2 Å². The van der Waals surface area contributed by atoms with Gasteiger partial charge >= 0.3 is 0 Å². The van der Waals surface area contributed by atoms with Crippen molar-refractivity contribution in [3.05, 3.63) is 95.4 Å². The van der Waals surface area contributed by atoms with Gasteiger partial charge in [0.2, 0.25) is 0 Å². The second-order valence-corrected chi connectivity index (χ2v) is 7.52. The first-order chi connectivity index (χ1) is 14.7. The summed E-state index contributed by atoms with van der Waals surface area (Å²) in [5.41, 5.74) is 4.27. The molecule has 150 valence electrons. The summed E-state index contributed by atoms with van der Waals surface area (Å²) in [4.78, 5) is 12.9. The van der Waals surface area contributed by atoms with Crippen LogP contribution in [-0.2, 0) is 4.79 Å². The number of carbonyl (C=O) groups is 1. The van der Waals surface area contributed by atoms with Gasteiger partial charge in [-0.1, -0.05) is 36.4 Å². The predicted octanol–water partition coefficient (Wildman–Crippen LogP) is 6.20. The fourth-order valence-electron chi connectivity index (χ4n) is 4.08. The van der Waals surface area contributed by atoms with Gasteiger partial charge < -0.3 is 15.4 Å². The fraction of sp³-hybridized carbons (Fsp3) is 0.160. The van der Waals surface area contributed by atoms with Gasteiger partial charge in [0.1, 0.15) is 5.75 Å². The summed E-state index contributed by atoms with van der Waals surface area (Å²) in [5.74, 6) is 0.363. The van der Waals surface area contributed by atoms with E-state index in [2.05, 4.69) is 10.6 Å². The van der Waals surface area contributed by atoms with Crippen LogP contribution in [0.1, 0.15) is 30.9 Å². The number of nitrogens with one attached hydrogen (secondary N) is 2. The van der Waals surface area contributed by atoms with Crippen LogP contribution in [-0.4, -0.2) is 5.78 Å². The van der Waals surface area contributed by atoms with E-state index in [-0.39, 0.29) is 17.6 Å². The third kappa shape index (κ3) is 3.43. The van der Waals surface area contributed by atoms with Crippen LogP contribution in [0, 0.1) is 5.82 Å². The zero-order valence-corrected chi connectivity index (χ0v) is 16.3. The van der Waals surface area contributed by atoms with Crippen LogP contribution in [0.4, 0.5) is 15.8 Å². The zero-order chi connectivity index (χ0) is 20.5. The second kappa shape index (κ2) is 7.67. The Bertz CT molecular complexity index is 1140. The van der Waals surface area contributed by atoms with Crippen molar-refractivity contribution in [3.63, 3.8) is 0 Å². The Kier molecular flexibility index (Phi) is 4.71. The van der Waals surface area contributed by atoms with Gasteiger partial charge in [-0.25, -0.2) is 4.39 Å². The number of rotatable bonds is 3. The maximum absolute atomic E-state index is 14.5. The van der Waals surface area contributed by atoms with E-state index in [0.717, 1.165) is 41.1 Å². The molecule has 2 aliphatic rings. The summed E-state index contributed by atoms with van der Waals surface area (Å²) in [6.07, 6.45) is 2.15. The highest BCUT2D eigenvalue weighted by Gasteiger charge is 2.32. The Hall–Kier alpha value is -3.60. The highest BCUT2D eigenvalue weighted by molar-refractivity contribution is 6.00. The molecule has 3 aromatic carbocycles. The van der Waals surface area contributed by atoms with Crippen molar-refractivity contribution in [1.82, 2.24) is 0 Å².